The van der Waals surface area contributed by atoms with Gasteiger partial charge in [0, 0.05) is 90.1 Å². The molecule has 6 amide bonds. The van der Waals surface area contributed by atoms with Crippen LogP contribution in [0.4, 0.5) is 24.5 Å². The molecule has 7 aromatic rings. The number of nitrogens with zero attached hydrogens (tertiary/aromatic N) is 5. The zero-order valence-corrected chi connectivity index (χ0v) is 39.7. The first-order chi connectivity index (χ1) is 36.1. The topological polar surface area (TPSA) is 245 Å². The third kappa shape index (κ3) is 8.57. The number of aromatic nitrogens is 4. The van der Waals surface area contributed by atoms with Crippen molar-refractivity contribution in [2.75, 3.05) is 23.7 Å². The van der Waals surface area contributed by atoms with Gasteiger partial charge in [-0.05, 0) is 77.7 Å². The number of para-hydroxylation sites is 1. The number of halogens is 3. The van der Waals surface area contributed by atoms with Gasteiger partial charge >= 0.3 is 6.17 Å². The molecule has 0 saturated carbocycles. The minimum atomic E-state index is -1.29. The van der Waals surface area contributed by atoms with Crippen molar-refractivity contribution in [1.29, 1.82) is 0 Å². The van der Waals surface area contributed by atoms with Crippen LogP contribution in [-0.4, -0.2) is 103 Å². The second-order valence-electron chi connectivity index (χ2n) is 19.4. The Labute approximate surface area is 425 Å². The molecule has 21 heteroatoms. The van der Waals surface area contributed by atoms with Gasteiger partial charge in [0.25, 0.3) is 24.3 Å². The van der Waals surface area contributed by atoms with Gasteiger partial charge in [0.15, 0.2) is 5.82 Å². The summed E-state index contributed by atoms with van der Waals surface area (Å²) < 4.78 is 43.9. The molecule has 378 valence electrons. The number of anilines is 2. The van der Waals surface area contributed by atoms with E-state index < -0.39 is 82.2 Å². The number of nitrogens with two attached hydrogens (primary N) is 1. The van der Waals surface area contributed by atoms with Crippen molar-refractivity contribution in [3.05, 3.63) is 172 Å². The summed E-state index contributed by atoms with van der Waals surface area (Å²) in [4.78, 5) is 104. The fourth-order valence-corrected chi connectivity index (χ4v) is 11.2. The van der Waals surface area contributed by atoms with Gasteiger partial charge in [0.2, 0.25) is 17.7 Å². The van der Waals surface area contributed by atoms with Crippen LogP contribution in [-0.2, 0) is 42.8 Å². The normalized spacial score (nSPS) is 21.3. The largest absolute Gasteiger partial charge is 0.355 e. The lowest BCUT2D eigenvalue weighted by Gasteiger charge is -2.35. The molecule has 8 heterocycles. The molecular formula is C54H46F3N12O6+. The highest BCUT2D eigenvalue weighted by Gasteiger charge is 2.60. The first kappa shape index (κ1) is 48.1. The van der Waals surface area contributed by atoms with E-state index in [1.807, 2.05) is 12.1 Å². The number of hydrogen-bond acceptors (Lipinski definition) is 9. The smallest absolute Gasteiger partial charge is 0.350 e. The predicted octanol–water partition coefficient (Wildman–Crippen LogP) is 5.26. The minimum absolute atomic E-state index is 0.0234. The summed E-state index contributed by atoms with van der Waals surface area (Å²) >= 11 is 0. The molecule has 8 N–H and O–H groups in total. The highest BCUT2D eigenvalue weighted by atomic mass is 19.1. The van der Waals surface area contributed by atoms with E-state index in [-0.39, 0.29) is 73.4 Å². The van der Waals surface area contributed by atoms with Gasteiger partial charge < -0.3 is 41.9 Å². The van der Waals surface area contributed by atoms with Gasteiger partial charge in [-0.1, -0.05) is 47.3 Å². The Morgan fingerprint density at radius 1 is 0.760 bits per heavy atom. The molecule has 6 atom stereocenters. The molecule has 75 heavy (non-hydrogen) atoms. The second-order valence-corrected chi connectivity index (χ2v) is 19.4. The molecule has 0 aliphatic carbocycles. The third-order valence-corrected chi connectivity index (χ3v) is 14.8. The van der Waals surface area contributed by atoms with Gasteiger partial charge in [-0.25, -0.2) is 13.2 Å². The standard InChI is InChI=1S/C54H45F3N12O6/c1-59-44-23-54(27-69(44)51(74)42(19-30-6-4-5-16-60-30)66-49(72)47-37(57)15-17-61-47)34-12-10-28(18-39(34)67-52(54)75)29-9-11-31(62-25-29)20-41(65-48(71)40-21-32-35(55)13-14-36(56)46(32)64-40)50(73)68-26-53(22-43(68)58)24-45(70)63-38-8-3-2-7-33(38)53/h1-18,21,25,41-44H,19-20,22-24,26-27,58H2,(H5-,61,63,64,65,66,67,70,71,72,75)/p+1/t41-,42?,43-,44-,53-,54-/m0/s1. The Balaban J connectivity index is 0.841. The van der Waals surface area contributed by atoms with Crippen LogP contribution in [0.15, 0.2) is 116 Å². The SMILES string of the molecule is C#[N+][C@@H]1C[C@@]2(CN1C(=O)C(Cc1ccccn1)NC(=O)c1[nH]ccc1F)C(=O)Nc1cc(-c3ccc(C[C@H](NC(=O)c4cc5c(F)ccc(F)c5[nH]4)C(=O)N4C[C@@]5(CC(=O)Nc6ccccc65)C[C@H]4N)nc3)ccc12. The Morgan fingerprint density at radius 2 is 1.49 bits per heavy atom. The highest BCUT2D eigenvalue weighted by molar-refractivity contribution is 6.08. The van der Waals surface area contributed by atoms with Crippen LogP contribution in [0.3, 0.4) is 0 Å². The predicted molar refractivity (Wildman–Crippen MR) is 267 cm³/mol. The number of aromatic amines is 2. The molecule has 4 aliphatic heterocycles. The summed E-state index contributed by atoms with van der Waals surface area (Å²) in [5.41, 5.74) is 8.48. The Hall–Kier alpha value is -9.16. The van der Waals surface area contributed by atoms with Crippen LogP contribution in [0.1, 0.15) is 62.8 Å². The lowest BCUT2D eigenvalue weighted by atomic mass is 9.73. The van der Waals surface area contributed by atoms with E-state index in [0.717, 1.165) is 23.8 Å². The van der Waals surface area contributed by atoms with E-state index in [0.29, 0.717) is 39.5 Å². The number of amides is 6. The molecule has 3 aromatic carbocycles. The molecule has 4 aliphatic rings. The average molecular weight is 1020 g/mol. The number of carbonyl (C=O) groups is 6. The second kappa shape index (κ2) is 18.7. The van der Waals surface area contributed by atoms with E-state index in [9.17, 15) is 41.9 Å². The molecule has 2 saturated heterocycles. The summed E-state index contributed by atoms with van der Waals surface area (Å²) in [5.74, 6) is -5.78. The Kier molecular flexibility index (Phi) is 12.0. The van der Waals surface area contributed by atoms with Crippen LogP contribution in [0.25, 0.3) is 26.9 Å². The van der Waals surface area contributed by atoms with E-state index in [2.05, 4.69) is 46.0 Å². The van der Waals surface area contributed by atoms with E-state index >= 15 is 0 Å². The third-order valence-electron chi connectivity index (χ3n) is 14.8. The monoisotopic (exact) mass is 1020 g/mol. The number of rotatable bonds is 11. The number of benzene rings is 3. The molecule has 1 unspecified atom stereocenters. The van der Waals surface area contributed by atoms with Crippen LogP contribution in [0.5, 0.6) is 0 Å². The number of nitrogens with one attached hydrogen (secondary N) is 6. The number of hydrogen-bond donors (Lipinski definition) is 7. The molecule has 0 radical (unpaired) electrons. The van der Waals surface area contributed by atoms with Crippen LogP contribution < -0.4 is 27.0 Å². The number of fused-ring (bicyclic) bond motifs is 5. The Morgan fingerprint density at radius 3 is 2.21 bits per heavy atom. The van der Waals surface area contributed by atoms with Crippen molar-refractivity contribution in [2.24, 2.45) is 5.73 Å². The quantitative estimate of drug-likeness (QED) is 0.0893. The molecule has 2 fully saturated rings. The van der Waals surface area contributed by atoms with Crippen molar-refractivity contribution in [1.82, 2.24) is 40.4 Å². The first-order valence-corrected chi connectivity index (χ1v) is 24.0. The first-order valence-electron chi connectivity index (χ1n) is 24.0. The molecule has 0 bridgehead atoms. The maximum atomic E-state index is 14.7. The maximum Gasteiger partial charge on any atom is 0.350 e. The zero-order valence-electron chi connectivity index (χ0n) is 39.7. The van der Waals surface area contributed by atoms with E-state index in [1.54, 1.807) is 66.9 Å². The lowest BCUT2D eigenvalue weighted by molar-refractivity contribution is -0.134. The van der Waals surface area contributed by atoms with Crippen molar-refractivity contribution >= 4 is 57.7 Å². The van der Waals surface area contributed by atoms with Gasteiger partial charge in [0.05, 0.1) is 18.1 Å². The number of carbonyl (C=O) groups excluding carboxylic acids is 6. The minimum Gasteiger partial charge on any atom is -0.355 e. The van der Waals surface area contributed by atoms with Crippen LogP contribution in [0.2, 0.25) is 0 Å². The molecule has 18 nitrogen and oxygen atoms in total. The van der Waals surface area contributed by atoms with Crippen LogP contribution in [0, 0.1) is 24.0 Å². The van der Waals surface area contributed by atoms with Crippen molar-refractivity contribution < 1.29 is 41.9 Å². The highest BCUT2D eigenvalue weighted by Crippen LogP contribution is 2.49. The molecular weight excluding hydrogens is 970 g/mol. The Bertz CT molecular complexity index is 3510. The van der Waals surface area contributed by atoms with Gasteiger partial charge in [-0.2, -0.15) is 0 Å². The fraction of sp³-hybridized carbons (Fsp3) is 0.241. The van der Waals surface area contributed by atoms with Crippen LogP contribution >= 0.6 is 0 Å². The van der Waals surface area contributed by atoms with Gasteiger partial charge in [0.1, 0.15) is 40.5 Å². The summed E-state index contributed by atoms with van der Waals surface area (Å²) in [5, 5.41) is 11.1. The lowest BCUT2D eigenvalue weighted by Crippen LogP contribution is -2.53. The van der Waals surface area contributed by atoms with Crippen molar-refractivity contribution in [3.8, 4) is 17.7 Å². The molecule has 11 rings (SSSR count). The summed E-state index contributed by atoms with van der Waals surface area (Å²) in [6.45, 7) is 5.83. The average Bonchev–Trinajstić information content (AvgIpc) is 4.30. The van der Waals surface area contributed by atoms with Gasteiger partial charge in [-0.3, -0.25) is 43.6 Å². The zero-order chi connectivity index (χ0) is 52.3. The van der Waals surface area contributed by atoms with Crippen molar-refractivity contribution in [2.45, 2.75) is 67.3 Å². The fourth-order valence-electron chi connectivity index (χ4n) is 11.2. The number of pyridine rings is 2. The van der Waals surface area contributed by atoms with Crippen molar-refractivity contribution in [3.63, 3.8) is 0 Å². The molecule has 4 aromatic heterocycles. The number of likely N-dealkylation sites (tertiary alicyclic amines) is 2. The number of H-pyrrole nitrogens is 2. The molecule has 2 spiro atoms. The summed E-state index contributed by atoms with van der Waals surface area (Å²) in [7, 11) is 0. The summed E-state index contributed by atoms with van der Waals surface area (Å²) in [6, 6.07) is 22.8. The van der Waals surface area contributed by atoms with Gasteiger partial charge in [-0.15, -0.1) is 0 Å². The van der Waals surface area contributed by atoms with E-state index in [4.69, 9.17) is 12.3 Å². The summed E-state index contributed by atoms with van der Waals surface area (Å²) in [6.07, 6.45) is 2.73. The van der Waals surface area contributed by atoms with E-state index in [1.165, 1.54) is 28.3 Å². The maximum absolute atomic E-state index is 14.7.